The van der Waals surface area contributed by atoms with Gasteiger partial charge in [-0.2, -0.15) is 5.26 Å². The topological polar surface area (TPSA) is 60.2 Å². The fourth-order valence-electron chi connectivity index (χ4n) is 4.12. The lowest BCUT2D eigenvalue weighted by molar-refractivity contribution is -0.135. The van der Waals surface area contributed by atoms with Crippen molar-refractivity contribution in [2.75, 3.05) is 31.1 Å². The van der Waals surface area contributed by atoms with E-state index in [1.807, 2.05) is 23.1 Å². The lowest BCUT2D eigenvalue weighted by Crippen LogP contribution is -2.42. The van der Waals surface area contributed by atoms with Crippen LogP contribution in [-0.4, -0.2) is 42.0 Å². The van der Waals surface area contributed by atoms with Crippen molar-refractivity contribution < 1.29 is 4.79 Å². The van der Waals surface area contributed by atoms with Gasteiger partial charge in [0, 0.05) is 48.7 Å². The zero-order valence-corrected chi connectivity index (χ0v) is 15.4. The molecule has 2 fully saturated rings. The minimum atomic E-state index is 0.103. The van der Waals surface area contributed by atoms with Crippen LogP contribution in [0.3, 0.4) is 0 Å². The number of hydrogen-bond acceptors (Lipinski definition) is 4. The van der Waals surface area contributed by atoms with E-state index < -0.39 is 0 Å². The summed E-state index contributed by atoms with van der Waals surface area (Å²) in [6.45, 7) is 3.35. The first-order chi connectivity index (χ1) is 12.7. The highest BCUT2D eigenvalue weighted by atomic mass is 35.5. The van der Waals surface area contributed by atoms with Crippen molar-refractivity contribution in [3.63, 3.8) is 0 Å². The van der Waals surface area contributed by atoms with E-state index >= 15 is 0 Å². The molecule has 0 saturated carbocycles. The Kier molecular flexibility index (Phi) is 4.69. The minimum Gasteiger partial charge on any atom is -0.370 e. The fraction of sp³-hybridized carbons (Fsp3) is 0.450. The lowest BCUT2D eigenvalue weighted by Gasteiger charge is -2.35. The van der Waals surface area contributed by atoms with Crippen molar-refractivity contribution >= 4 is 34.1 Å². The van der Waals surface area contributed by atoms with Crippen molar-refractivity contribution in [2.45, 2.75) is 25.7 Å². The number of carbonyl (C=O) groups is 1. The van der Waals surface area contributed by atoms with Crippen LogP contribution >= 0.6 is 11.6 Å². The van der Waals surface area contributed by atoms with Crippen LogP contribution in [-0.2, 0) is 4.79 Å². The first kappa shape index (κ1) is 17.1. The average Bonchev–Trinajstić information content (AvgIpc) is 3.21. The van der Waals surface area contributed by atoms with Crippen LogP contribution in [0.25, 0.3) is 10.9 Å². The molecule has 0 spiro atoms. The number of nitrogens with zero attached hydrogens (tertiary/aromatic N) is 4. The van der Waals surface area contributed by atoms with Gasteiger partial charge < -0.3 is 9.80 Å². The normalized spacial score (nSPS) is 18.3. The number of benzene rings is 1. The number of anilines is 1. The highest BCUT2D eigenvalue weighted by Gasteiger charge is 2.31. The van der Waals surface area contributed by atoms with Gasteiger partial charge >= 0.3 is 0 Å². The summed E-state index contributed by atoms with van der Waals surface area (Å²) in [5.41, 5.74) is 2.29. The maximum Gasteiger partial charge on any atom is 0.225 e. The summed E-state index contributed by atoms with van der Waals surface area (Å²) >= 11 is 6.18. The van der Waals surface area contributed by atoms with E-state index in [1.54, 1.807) is 6.20 Å². The molecule has 2 saturated heterocycles. The van der Waals surface area contributed by atoms with Gasteiger partial charge in [-0.05, 0) is 43.9 Å². The number of carbonyl (C=O) groups excluding carboxylic acids is 1. The first-order valence-corrected chi connectivity index (χ1v) is 9.57. The molecule has 1 amide bonds. The van der Waals surface area contributed by atoms with Crippen LogP contribution in [0, 0.1) is 17.2 Å². The van der Waals surface area contributed by atoms with Gasteiger partial charge in [0.25, 0.3) is 0 Å². The molecule has 2 aromatic rings. The van der Waals surface area contributed by atoms with Gasteiger partial charge in [0.2, 0.25) is 5.91 Å². The third-order valence-corrected chi connectivity index (χ3v) is 5.74. The van der Waals surface area contributed by atoms with Crippen LogP contribution in [0.5, 0.6) is 0 Å². The number of rotatable bonds is 2. The van der Waals surface area contributed by atoms with Gasteiger partial charge in [0.1, 0.15) is 6.07 Å². The van der Waals surface area contributed by atoms with Gasteiger partial charge in [-0.25, -0.2) is 0 Å². The monoisotopic (exact) mass is 368 g/mol. The number of likely N-dealkylation sites (tertiary alicyclic amines) is 1. The number of amides is 1. The van der Waals surface area contributed by atoms with Crippen molar-refractivity contribution in [2.24, 2.45) is 5.92 Å². The van der Waals surface area contributed by atoms with E-state index in [9.17, 15) is 10.1 Å². The minimum absolute atomic E-state index is 0.103. The summed E-state index contributed by atoms with van der Waals surface area (Å²) in [6.07, 6.45) is 5.53. The summed E-state index contributed by atoms with van der Waals surface area (Å²) in [6, 6.07) is 7.83. The quantitative estimate of drug-likeness (QED) is 0.812. The second-order valence-corrected chi connectivity index (χ2v) is 7.52. The Morgan fingerprint density at radius 2 is 1.92 bits per heavy atom. The molecule has 0 N–H and O–H groups in total. The van der Waals surface area contributed by atoms with Gasteiger partial charge in [0.15, 0.2) is 0 Å². The summed E-state index contributed by atoms with van der Waals surface area (Å²) in [5, 5.41) is 11.1. The highest BCUT2D eigenvalue weighted by Crippen LogP contribution is 2.34. The predicted molar refractivity (Wildman–Crippen MR) is 102 cm³/mol. The number of hydrogen-bond donors (Lipinski definition) is 0. The molecule has 134 valence electrons. The fourth-order valence-corrected chi connectivity index (χ4v) is 4.29. The Morgan fingerprint density at radius 3 is 2.62 bits per heavy atom. The van der Waals surface area contributed by atoms with Gasteiger partial charge in [0.05, 0.1) is 16.8 Å². The van der Waals surface area contributed by atoms with E-state index in [-0.39, 0.29) is 5.92 Å². The van der Waals surface area contributed by atoms with Crippen LogP contribution < -0.4 is 4.90 Å². The van der Waals surface area contributed by atoms with Crippen molar-refractivity contribution in [3.05, 3.63) is 35.0 Å². The van der Waals surface area contributed by atoms with Crippen LogP contribution in [0.15, 0.2) is 24.4 Å². The average molecular weight is 369 g/mol. The highest BCUT2D eigenvalue weighted by molar-refractivity contribution is 6.31. The SMILES string of the molecule is N#Cc1cnc2ccc(Cl)cc2c1N1CCC(C(=O)N2CCCC2)CC1. The summed E-state index contributed by atoms with van der Waals surface area (Å²) in [7, 11) is 0. The third-order valence-electron chi connectivity index (χ3n) is 5.50. The van der Waals surface area contributed by atoms with Crippen LogP contribution in [0.4, 0.5) is 5.69 Å². The Bertz CT molecular complexity index is 877. The molecule has 0 radical (unpaired) electrons. The molecule has 2 aliphatic rings. The zero-order valence-electron chi connectivity index (χ0n) is 14.6. The predicted octanol–water partition coefficient (Wildman–Crippen LogP) is 3.60. The van der Waals surface area contributed by atoms with Gasteiger partial charge in [-0.15, -0.1) is 0 Å². The number of piperidine rings is 1. The van der Waals surface area contributed by atoms with Crippen molar-refractivity contribution in [1.29, 1.82) is 5.26 Å². The second-order valence-electron chi connectivity index (χ2n) is 7.09. The summed E-state index contributed by atoms with van der Waals surface area (Å²) < 4.78 is 0. The standard InChI is InChI=1S/C20H21ClN4O/c21-16-3-4-18-17(11-16)19(15(12-22)13-23-18)24-9-5-14(6-10-24)20(26)25-7-1-2-8-25/h3-4,11,13-14H,1-2,5-10H2. The number of aromatic nitrogens is 1. The molecule has 0 aliphatic carbocycles. The molecule has 5 nitrogen and oxygen atoms in total. The molecular formula is C20H21ClN4O. The Hall–Kier alpha value is -2.32. The summed E-state index contributed by atoms with van der Waals surface area (Å²) in [5.74, 6) is 0.414. The van der Waals surface area contributed by atoms with Crippen molar-refractivity contribution in [1.82, 2.24) is 9.88 Å². The molecule has 26 heavy (non-hydrogen) atoms. The van der Waals surface area contributed by atoms with Gasteiger partial charge in [-0.3, -0.25) is 9.78 Å². The van der Waals surface area contributed by atoms with E-state index in [0.717, 1.165) is 68.5 Å². The van der Waals surface area contributed by atoms with Crippen LogP contribution in [0.2, 0.25) is 5.02 Å². The molecule has 0 atom stereocenters. The van der Waals surface area contributed by atoms with E-state index in [4.69, 9.17) is 11.6 Å². The molecule has 6 heteroatoms. The summed E-state index contributed by atoms with van der Waals surface area (Å²) in [4.78, 5) is 21.3. The molecule has 0 unspecified atom stereocenters. The number of pyridine rings is 1. The van der Waals surface area contributed by atoms with E-state index in [1.165, 1.54) is 0 Å². The second kappa shape index (κ2) is 7.13. The molecule has 4 rings (SSSR count). The zero-order chi connectivity index (χ0) is 18.1. The maximum absolute atomic E-state index is 12.7. The number of halogens is 1. The molecule has 2 aliphatic heterocycles. The number of fused-ring (bicyclic) bond motifs is 1. The Morgan fingerprint density at radius 1 is 1.19 bits per heavy atom. The largest absolute Gasteiger partial charge is 0.370 e. The molecule has 0 bridgehead atoms. The van der Waals surface area contributed by atoms with Crippen LogP contribution in [0.1, 0.15) is 31.2 Å². The maximum atomic E-state index is 12.7. The Balaban J connectivity index is 1.58. The molecular weight excluding hydrogens is 348 g/mol. The Labute approximate surface area is 158 Å². The molecule has 1 aromatic carbocycles. The molecule has 1 aromatic heterocycles. The third kappa shape index (κ3) is 3.10. The van der Waals surface area contributed by atoms with Gasteiger partial charge in [-0.1, -0.05) is 11.6 Å². The number of nitriles is 1. The smallest absolute Gasteiger partial charge is 0.225 e. The van der Waals surface area contributed by atoms with Crippen molar-refractivity contribution in [3.8, 4) is 6.07 Å². The van der Waals surface area contributed by atoms with E-state index in [2.05, 4.69) is 16.0 Å². The van der Waals surface area contributed by atoms with E-state index in [0.29, 0.717) is 16.5 Å². The lowest BCUT2D eigenvalue weighted by atomic mass is 9.94. The molecule has 3 heterocycles. The first-order valence-electron chi connectivity index (χ1n) is 9.19.